The van der Waals surface area contributed by atoms with Gasteiger partial charge in [-0.15, -0.1) is 0 Å². The minimum atomic E-state index is -0.746. The Balaban J connectivity index is 1.56. The fourth-order valence-corrected chi connectivity index (χ4v) is 4.80. The van der Waals surface area contributed by atoms with Gasteiger partial charge in [0.2, 0.25) is 0 Å². The lowest BCUT2D eigenvalue weighted by Gasteiger charge is -2.36. The van der Waals surface area contributed by atoms with Gasteiger partial charge in [0, 0.05) is 29.8 Å². The molecule has 1 aromatic rings. The van der Waals surface area contributed by atoms with E-state index in [1.165, 1.54) is 0 Å². The molecule has 25 heavy (non-hydrogen) atoms. The fourth-order valence-electron chi connectivity index (χ4n) is 3.83. The minimum absolute atomic E-state index is 0.120. The van der Waals surface area contributed by atoms with E-state index >= 15 is 0 Å². The van der Waals surface area contributed by atoms with Crippen molar-refractivity contribution in [3.63, 3.8) is 0 Å². The second-order valence-corrected chi connectivity index (χ2v) is 7.84. The van der Waals surface area contributed by atoms with Crippen LogP contribution in [-0.2, 0) is 20.7 Å². The number of ketones is 1. The summed E-state index contributed by atoms with van der Waals surface area (Å²) in [7, 11) is 0. The quantitative estimate of drug-likeness (QED) is 0.575. The Bertz CT molecular complexity index is 747. The van der Waals surface area contributed by atoms with Crippen LogP contribution in [0.1, 0.15) is 24.8 Å². The van der Waals surface area contributed by atoms with Gasteiger partial charge in [-0.2, -0.15) is 0 Å². The smallest absolute Gasteiger partial charge is 0.182 e. The summed E-state index contributed by atoms with van der Waals surface area (Å²) < 4.78 is 18.1. The molecule has 1 saturated carbocycles. The topological polar surface area (TPSA) is 77.4 Å². The zero-order valence-electron chi connectivity index (χ0n) is 13.3. The van der Waals surface area contributed by atoms with Crippen LogP contribution in [0.5, 0.6) is 5.75 Å². The van der Waals surface area contributed by atoms with E-state index in [1.54, 1.807) is 6.07 Å². The van der Waals surface area contributed by atoms with Crippen LogP contribution in [0, 0.1) is 5.92 Å². The highest BCUT2D eigenvalue weighted by atomic mass is 79.9. The third-order valence-electron chi connectivity index (χ3n) is 5.03. The number of rotatable bonds is 2. The first-order chi connectivity index (χ1) is 12.0. The van der Waals surface area contributed by atoms with Gasteiger partial charge in [-0.25, -0.2) is 0 Å². The second kappa shape index (κ2) is 6.54. The van der Waals surface area contributed by atoms with E-state index in [0.717, 1.165) is 10.0 Å². The molecule has 4 rings (SSSR count). The number of Topliss-reactive ketones (excluding diaryl/α,β-unsaturated/α-hetero) is 1. The van der Waals surface area contributed by atoms with Crippen molar-refractivity contribution in [3.05, 3.63) is 27.2 Å². The molecule has 2 atom stereocenters. The van der Waals surface area contributed by atoms with Gasteiger partial charge in [-0.05, 0) is 34.5 Å². The van der Waals surface area contributed by atoms with Crippen molar-refractivity contribution in [1.29, 1.82) is 0 Å². The third kappa shape index (κ3) is 3.07. The van der Waals surface area contributed by atoms with E-state index in [0.29, 0.717) is 55.4 Å². The van der Waals surface area contributed by atoms with Gasteiger partial charge >= 0.3 is 0 Å². The van der Waals surface area contributed by atoms with Crippen LogP contribution in [0.4, 0.5) is 0 Å². The predicted molar refractivity (Wildman–Crippen MR) is 93.5 cm³/mol. The molecule has 1 saturated heterocycles. The van der Waals surface area contributed by atoms with Crippen molar-refractivity contribution in [2.24, 2.45) is 11.1 Å². The van der Waals surface area contributed by atoms with E-state index in [4.69, 9.17) is 25.8 Å². The molecule has 8 heteroatoms. The van der Waals surface area contributed by atoms with Crippen molar-refractivity contribution < 1.29 is 24.2 Å². The second-order valence-electron chi connectivity index (χ2n) is 6.54. The molecule has 0 radical (unpaired) electrons. The maximum Gasteiger partial charge on any atom is 0.182 e. The molecule has 0 amide bonds. The lowest BCUT2D eigenvalue weighted by Crippen LogP contribution is -2.46. The maximum absolute atomic E-state index is 13.1. The number of carbonyl (C=O) groups is 1. The minimum Gasteiger partial charge on any atom is -0.481 e. The molecule has 6 nitrogen and oxygen atoms in total. The Morgan fingerprint density at radius 1 is 1.36 bits per heavy atom. The molecule has 1 aromatic carbocycles. The van der Waals surface area contributed by atoms with E-state index in [-0.39, 0.29) is 5.78 Å². The highest BCUT2D eigenvalue weighted by molar-refractivity contribution is 9.10. The summed E-state index contributed by atoms with van der Waals surface area (Å²) in [6.45, 7) is 1.03. The Morgan fingerprint density at radius 2 is 2.12 bits per heavy atom. The molecule has 2 heterocycles. The number of carbonyl (C=O) groups excluding carboxylic acids is 1. The summed E-state index contributed by atoms with van der Waals surface area (Å²) in [5.41, 5.74) is 1.35. The zero-order valence-corrected chi connectivity index (χ0v) is 15.7. The average molecular weight is 431 g/mol. The first kappa shape index (κ1) is 17.3. The number of nitrogens with zero attached hydrogens (tertiary/aromatic N) is 1. The molecule has 1 spiro atoms. The van der Waals surface area contributed by atoms with Crippen LogP contribution in [0.25, 0.3) is 0 Å². The molecule has 2 aliphatic heterocycles. The molecule has 2 fully saturated rings. The summed E-state index contributed by atoms with van der Waals surface area (Å²) >= 11 is 9.50. The number of fused-ring (bicyclic) bond motifs is 1. The van der Waals surface area contributed by atoms with Gasteiger partial charge in [0.25, 0.3) is 0 Å². The number of halogens is 2. The van der Waals surface area contributed by atoms with E-state index in [2.05, 4.69) is 21.1 Å². The van der Waals surface area contributed by atoms with Gasteiger partial charge < -0.3 is 19.4 Å². The fraction of sp³-hybridized carbons (Fsp3) is 0.529. The molecule has 1 aliphatic carbocycles. The lowest BCUT2D eigenvalue weighted by atomic mass is 9.78. The van der Waals surface area contributed by atoms with Gasteiger partial charge in [-0.1, -0.05) is 16.8 Å². The van der Waals surface area contributed by atoms with Crippen LogP contribution in [-0.4, -0.2) is 41.8 Å². The Labute approximate surface area is 158 Å². The number of hydrogen-bond donors (Lipinski definition) is 1. The van der Waals surface area contributed by atoms with Gasteiger partial charge in [0.15, 0.2) is 17.7 Å². The molecule has 0 aromatic heterocycles. The van der Waals surface area contributed by atoms with Crippen molar-refractivity contribution in [1.82, 2.24) is 0 Å². The first-order valence-electron chi connectivity index (χ1n) is 8.18. The number of oxime groups is 1. The lowest BCUT2D eigenvalue weighted by molar-refractivity contribution is -0.178. The number of benzene rings is 1. The Morgan fingerprint density at radius 3 is 2.84 bits per heavy atom. The summed E-state index contributed by atoms with van der Waals surface area (Å²) in [4.78, 5) is 13.1. The monoisotopic (exact) mass is 429 g/mol. The summed E-state index contributed by atoms with van der Waals surface area (Å²) in [6.07, 6.45) is 1.20. The molecule has 0 bridgehead atoms. The van der Waals surface area contributed by atoms with Crippen LogP contribution in [0.3, 0.4) is 0 Å². The predicted octanol–water partition coefficient (Wildman–Crippen LogP) is 3.35. The van der Waals surface area contributed by atoms with E-state index in [1.807, 2.05) is 6.07 Å². The maximum atomic E-state index is 13.1. The van der Waals surface area contributed by atoms with Gasteiger partial charge in [-0.3, -0.25) is 4.79 Å². The summed E-state index contributed by atoms with van der Waals surface area (Å²) in [5.74, 6) is -0.802. The van der Waals surface area contributed by atoms with Crippen molar-refractivity contribution >= 4 is 39.0 Å². The SMILES string of the molecule is O=C(C1Cc2cc(Cl)cc(Br)c2O1)C1CC2(CC/C1=N\O)OCCO2. The number of hydrogen-bond acceptors (Lipinski definition) is 6. The molecular formula is C17H17BrClNO5. The summed E-state index contributed by atoms with van der Waals surface area (Å²) in [5, 5.41) is 13.3. The highest BCUT2D eigenvalue weighted by Crippen LogP contribution is 2.42. The van der Waals surface area contributed by atoms with Crippen LogP contribution < -0.4 is 4.74 Å². The van der Waals surface area contributed by atoms with Crippen LogP contribution in [0.2, 0.25) is 5.02 Å². The van der Waals surface area contributed by atoms with Crippen molar-refractivity contribution in [2.45, 2.75) is 37.6 Å². The molecule has 2 unspecified atom stereocenters. The van der Waals surface area contributed by atoms with E-state index in [9.17, 15) is 10.0 Å². The van der Waals surface area contributed by atoms with Gasteiger partial charge in [0.1, 0.15) is 5.75 Å². The van der Waals surface area contributed by atoms with Gasteiger partial charge in [0.05, 0.1) is 29.3 Å². The number of ether oxygens (including phenoxy) is 3. The molecular weight excluding hydrogens is 414 g/mol. The average Bonchev–Trinajstić information content (AvgIpc) is 3.21. The van der Waals surface area contributed by atoms with Crippen LogP contribution >= 0.6 is 27.5 Å². The Kier molecular flexibility index (Phi) is 4.52. The van der Waals surface area contributed by atoms with Crippen molar-refractivity contribution in [2.75, 3.05) is 13.2 Å². The van der Waals surface area contributed by atoms with Crippen molar-refractivity contribution in [3.8, 4) is 5.75 Å². The molecule has 1 N–H and O–H groups in total. The molecule has 134 valence electrons. The van der Waals surface area contributed by atoms with Crippen LogP contribution in [0.15, 0.2) is 21.8 Å². The normalized spacial score (nSPS) is 29.0. The first-order valence-corrected chi connectivity index (χ1v) is 9.35. The Hall–Kier alpha value is -1.15. The highest BCUT2D eigenvalue weighted by Gasteiger charge is 2.48. The zero-order chi connectivity index (χ0) is 17.6. The standard InChI is InChI=1S/C17H17BrClNO5/c18-12-7-10(19)5-9-6-14(25-16(9)12)15(21)11-8-17(23-3-4-24-17)2-1-13(11)20-22/h5,7,11,14,22H,1-4,6,8H2/b20-13+. The third-order valence-corrected chi connectivity index (χ3v) is 5.84. The largest absolute Gasteiger partial charge is 0.481 e. The summed E-state index contributed by atoms with van der Waals surface area (Å²) in [6, 6.07) is 3.55. The van der Waals surface area contributed by atoms with E-state index < -0.39 is 17.8 Å². The molecule has 3 aliphatic rings.